The Kier molecular flexibility index (Phi) is 4.04. The van der Waals surface area contributed by atoms with Gasteiger partial charge < -0.3 is 9.47 Å². The van der Waals surface area contributed by atoms with Gasteiger partial charge in [0.25, 0.3) is 0 Å². The van der Waals surface area contributed by atoms with E-state index in [0.717, 1.165) is 51.3 Å². The summed E-state index contributed by atoms with van der Waals surface area (Å²) in [6, 6.07) is 6.15. The van der Waals surface area contributed by atoms with Crippen LogP contribution in [0.1, 0.15) is 19.0 Å². The highest BCUT2D eigenvalue weighted by molar-refractivity contribution is 6.03. The summed E-state index contributed by atoms with van der Waals surface area (Å²) in [4.78, 5) is 0. The Morgan fingerprint density at radius 2 is 2.07 bits per heavy atom. The molecular weight excluding hydrogens is 368 g/mol. The second kappa shape index (κ2) is 6.73. The van der Waals surface area contributed by atoms with Crippen molar-refractivity contribution in [2.24, 2.45) is 12.1 Å². The lowest BCUT2D eigenvalue weighted by atomic mass is 10.0. The van der Waals surface area contributed by atoms with E-state index in [0.29, 0.717) is 19.1 Å². The van der Waals surface area contributed by atoms with Crippen molar-refractivity contribution in [3.63, 3.8) is 0 Å². The maximum atomic E-state index is 6.05. The number of benzene rings is 1. The summed E-state index contributed by atoms with van der Waals surface area (Å²) in [6.45, 7) is 6.89. The molecule has 0 spiro atoms. The SMILES string of the molecule is C=[N+]1N=C(C)C2=C1OCCCOc1c(cnn1C)-c1ccc3n[nH]c(c3c1)/C=C/2. The number of hydrogen-bond acceptors (Lipinski definition) is 5. The number of allylic oxidation sites excluding steroid dienone is 2. The predicted octanol–water partition coefficient (Wildman–Crippen LogP) is 3.09. The minimum Gasteiger partial charge on any atom is -0.477 e. The summed E-state index contributed by atoms with van der Waals surface area (Å²) < 4.78 is 15.3. The van der Waals surface area contributed by atoms with Crippen molar-refractivity contribution in [2.75, 3.05) is 13.2 Å². The second-order valence-electron chi connectivity index (χ2n) is 7.04. The highest BCUT2D eigenvalue weighted by Crippen LogP contribution is 2.33. The van der Waals surface area contributed by atoms with E-state index in [1.54, 1.807) is 4.68 Å². The molecule has 8 heteroatoms. The van der Waals surface area contributed by atoms with Gasteiger partial charge in [0.1, 0.15) is 11.3 Å². The quantitative estimate of drug-likeness (QED) is 0.599. The minimum absolute atomic E-state index is 0.497. The summed E-state index contributed by atoms with van der Waals surface area (Å²) in [5, 5.41) is 17.3. The normalized spacial score (nSPS) is 17.9. The Morgan fingerprint density at radius 1 is 1.21 bits per heavy atom. The Hall–Kier alpha value is -3.68. The molecule has 8 nitrogen and oxygen atoms in total. The van der Waals surface area contributed by atoms with Crippen LogP contribution in [0.5, 0.6) is 5.88 Å². The Bertz CT molecular complexity index is 1230. The van der Waals surface area contributed by atoms with Crippen molar-refractivity contribution in [1.82, 2.24) is 20.0 Å². The van der Waals surface area contributed by atoms with Crippen LogP contribution in [0.2, 0.25) is 0 Å². The van der Waals surface area contributed by atoms with Crippen LogP contribution in [0.3, 0.4) is 0 Å². The number of rotatable bonds is 0. The number of ether oxygens (including phenoxy) is 2. The number of hydrogen-bond donors (Lipinski definition) is 1. The fraction of sp³-hybridized carbons (Fsp3) is 0.238. The van der Waals surface area contributed by atoms with Crippen molar-refractivity contribution >= 4 is 29.4 Å². The van der Waals surface area contributed by atoms with E-state index < -0.39 is 0 Å². The van der Waals surface area contributed by atoms with Gasteiger partial charge in [0, 0.05) is 24.0 Å². The van der Waals surface area contributed by atoms with Crippen molar-refractivity contribution in [1.29, 1.82) is 0 Å². The lowest BCUT2D eigenvalue weighted by molar-refractivity contribution is -0.503. The lowest BCUT2D eigenvalue weighted by Gasteiger charge is -2.09. The van der Waals surface area contributed by atoms with Gasteiger partial charge in [0.15, 0.2) is 6.72 Å². The molecule has 29 heavy (non-hydrogen) atoms. The van der Waals surface area contributed by atoms with Gasteiger partial charge in [-0.05, 0) is 41.5 Å². The average Bonchev–Trinajstić information content (AvgIpc) is 3.35. The maximum absolute atomic E-state index is 6.05. The van der Waals surface area contributed by atoms with Crippen LogP contribution in [-0.2, 0) is 11.8 Å². The molecule has 0 saturated carbocycles. The zero-order valence-corrected chi connectivity index (χ0v) is 16.3. The summed E-state index contributed by atoms with van der Waals surface area (Å²) in [6.07, 6.45) is 6.54. The first-order chi connectivity index (χ1) is 14.1. The second-order valence-corrected chi connectivity index (χ2v) is 7.04. The van der Waals surface area contributed by atoms with Crippen LogP contribution in [0.15, 0.2) is 47.0 Å². The van der Waals surface area contributed by atoms with E-state index in [4.69, 9.17) is 9.47 Å². The number of aryl methyl sites for hydroxylation is 1. The smallest absolute Gasteiger partial charge is 0.408 e. The molecule has 0 amide bonds. The molecule has 0 radical (unpaired) electrons. The van der Waals surface area contributed by atoms with Gasteiger partial charge in [-0.2, -0.15) is 10.2 Å². The third kappa shape index (κ3) is 2.93. The number of aromatic amines is 1. The van der Waals surface area contributed by atoms with Gasteiger partial charge in [-0.25, -0.2) is 4.68 Å². The van der Waals surface area contributed by atoms with Crippen LogP contribution < -0.4 is 4.74 Å². The van der Waals surface area contributed by atoms with Crippen LogP contribution in [-0.4, -0.2) is 50.3 Å². The number of H-pyrrole nitrogens is 1. The van der Waals surface area contributed by atoms with Gasteiger partial charge in [-0.1, -0.05) is 6.07 Å². The number of nitrogens with zero attached hydrogens (tertiary/aromatic N) is 5. The summed E-state index contributed by atoms with van der Waals surface area (Å²) in [5.41, 5.74) is 5.55. The zero-order chi connectivity index (χ0) is 20.0. The predicted molar refractivity (Wildman–Crippen MR) is 111 cm³/mol. The number of aromatic nitrogens is 4. The molecule has 0 atom stereocenters. The van der Waals surface area contributed by atoms with E-state index in [2.05, 4.69) is 33.2 Å². The standard InChI is InChI=1S/C21H21N6O2/c1-13-15-6-8-19-16-11-14(5-7-18(16)23-24-19)17-12-22-26(2)21(17)29-10-4-9-28-20(15)27(3)25-13/h5-8,11-12H,3-4,9-10H2,1-2H3,(H,23,24)/q+1/b8-6+. The highest BCUT2D eigenvalue weighted by atomic mass is 16.5. The molecule has 0 saturated heterocycles. The zero-order valence-electron chi connectivity index (χ0n) is 16.3. The van der Waals surface area contributed by atoms with Gasteiger partial charge in [0.2, 0.25) is 5.88 Å². The van der Waals surface area contributed by atoms with Crippen LogP contribution >= 0.6 is 0 Å². The van der Waals surface area contributed by atoms with Crippen LogP contribution in [0.25, 0.3) is 28.1 Å². The monoisotopic (exact) mass is 389 g/mol. The molecule has 0 fully saturated rings. The molecule has 2 aromatic heterocycles. The number of nitrogens with one attached hydrogen (secondary N) is 1. The largest absolute Gasteiger partial charge is 0.477 e. The van der Waals surface area contributed by atoms with E-state index in [1.807, 2.05) is 44.5 Å². The first-order valence-corrected chi connectivity index (χ1v) is 9.46. The molecule has 2 bridgehead atoms. The van der Waals surface area contributed by atoms with Crippen molar-refractivity contribution in [2.45, 2.75) is 13.3 Å². The Labute approximate surface area is 167 Å². The third-order valence-corrected chi connectivity index (χ3v) is 5.09. The molecule has 2 aliphatic heterocycles. The summed E-state index contributed by atoms with van der Waals surface area (Å²) in [5.74, 6) is 1.37. The van der Waals surface area contributed by atoms with Crippen molar-refractivity contribution < 1.29 is 14.2 Å². The van der Waals surface area contributed by atoms with Crippen LogP contribution in [0, 0.1) is 0 Å². The van der Waals surface area contributed by atoms with Gasteiger partial charge >= 0.3 is 5.88 Å². The number of fused-ring (bicyclic) bond motifs is 3. The fourth-order valence-corrected chi connectivity index (χ4v) is 3.60. The van der Waals surface area contributed by atoms with Gasteiger partial charge in [-0.15, -0.1) is 0 Å². The lowest BCUT2D eigenvalue weighted by Crippen LogP contribution is -2.09. The van der Waals surface area contributed by atoms with Gasteiger partial charge in [-0.3, -0.25) is 5.10 Å². The van der Waals surface area contributed by atoms with E-state index in [1.165, 1.54) is 4.68 Å². The first kappa shape index (κ1) is 17.4. The Morgan fingerprint density at radius 3 is 2.97 bits per heavy atom. The van der Waals surface area contributed by atoms with E-state index in [-0.39, 0.29) is 0 Å². The Balaban J connectivity index is 1.66. The third-order valence-electron chi connectivity index (χ3n) is 5.09. The van der Waals surface area contributed by atoms with E-state index in [9.17, 15) is 0 Å². The molecule has 146 valence electrons. The molecule has 0 aliphatic carbocycles. The molecule has 5 rings (SSSR count). The summed E-state index contributed by atoms with van der Waals surface area (Å²) in [7, 11) is 1.88. The van der Waals surface area contributed by atoms with Crippen molar-refractivity contribution in [3.05, 3.63) is 47.6 Å². The fourth-order valence-electron chi connectivity index (χ4n) is 3.60. The molecule has 1 aromatic carbocycles. The van der Waals surface area contributed by atoms with Crippen molar-refractivity contribution in [3.8, 4) is 17.0 Å². The molecule has 3 aromatic rings. The van der Waals surface area contributed by atoms with Crippen LogP contribution in [0.4, 0.5) is 0 Å². The molecule has 0 unspecified atom stereocenters. The average molecular weight is 389 g/mol. The van der Waals surface area contributed by atoms with E-state index >= 15 is 0 Å². The number of hydrazone groups is 1. The molecule has 2 aliphatic rings. The van der Waals surface area contributed by atoms with Gasteiger partial charge in [0.05, 0.1) is 36.2 Å². The topological polar surface area (TPSA) is 80.3 Å². The highest BCUT2D eigenvalue weighted by Gasteiger charge is 2.28. The first-order valence-electron chi connectivity index (χ1n) is 9.46. The molecule has 1 N–H and O–H groups in total. The maximum Gasteiger partial charge on any atom is 0.408 e. The molecule has 4 heterocycles. The molecular formula is C21H21N6O2+. The minimum atomic E-state index is 0.497. The summed E-state index contributed by atoms with van der Waals surface area (Å²) >= 11 is 0.